The van der Waals surface area contributed by atoms with E-state index in [4.69, 9.17) is 10.5 Å². The standard InChI is InChI=1S/C17H17N3O/c1-21-15-9-7-13(8-10-15)16-11-19-17(18)12-20(16)14-5-3-2-4-6-14/h2-11H,12H2,1H3,(H2,18,19). The summed E-state index contributed by atoms with van der Waals surface area (Å²) in [5, 5.41) is 0. The maximum Gasteiger partial charge on any atom is 0.119 e. The molecule has 0 bridgehead atoms. The number of hydrogen-bond acceptors (Lipinski definition) is 4. The number of anilines is 1. The van der Waals surface area contributed by atoms with Gasteiger partial charge in [0.15, 0.2) is 0 Å². The second kappa shape index (κ2) is 5.71. The number of rotatable bonds is 3. The summed E-state index contributed by atoms with van der Waals surface area (Å²) < 4.78 is 5.20. The molecule has 0 spiro atoms. The van der Waals surface area contributed by atoms with Gasteiger partial charge in [0.2, 0.25) is 0 Å². The Labute approximate surface area is 124 Å². The minimum absolute atomic E-state index is 0.585. The molecule has 0 amide bonds. The van der Waals surface area contributed by atoms with Crippen molar-refractivity contribution in [2.24, 2.45) is 10.7 Å². The highest BCUT2D eigenvalue weighted by molar-refractivity contribution is 5.95. The molecular weight excluding hydrogens is 262 g/mol. The average Bonchev–Trinajstić information content (AvgIpc) is 2.56. The van der Waals surface area contributed by atoms with Crippen molar-refractivity contribution >= 4 is 17.2 Å². The lowest BCUT2D eigenvalue weighted by molar-refractivity contribution is 0.415. The Balaban J connectivity index is 1.99. The fraction of sp³-hybridized carbons (Fsp3) is 0.118. The van der Waals surface area contributed by atoms with E-state index >= 15 is 0 Å². The highest BCUT2D eigenvalue weighted by atomic mass is 16.5. The second-order valence-corrected chi connectivity index (χ2v) is 4.78. The summed E-state index contributed by atoms with van der Waals surface area (Å²) in [5.41, 5.74) is 9.09. The maximum atomic E-state index is 5.89. The van der Waals surface area contributed by atoms with Crippen LogP contribution in [0.15, 0.2) is 65.8 Å². The van der Waals surface area contributed by atoms with Crippen LogP contribution in [0.1, 0.15) is 5.56 Å². The van der Waals surface area contributed by atoms with E-state index in [2.05, 4.69) is 22.0 Å². The Hall–Kier alpha value is -2.75. The van der Waals surface area contributed by atoms with Crippen LogP contribution >= 0.6 is 0 Å². The number of ether oxygens (including phenoxy) is 1. The molecule has 0 aromatic heterocycles. The Kier molecular flexibility index (Phi) is 3.60. The first-order valence-corrected chi connectivity index (χ1v) is 6.77. The van der Waals surface area contributed by atoms with Crippen molar-refractivity contribution in [3.8, 4) is 5.75 Å². The summed E-state index contributed by atoms with van der Waals surface area (Å²) in [6, 6.07) is 18.1. The van der Waals surface area contributed by atoms with Gasteiger partial charge in [0, 0.05) is 11.3 Å². The number of hydrogen-bond donors (Lipinski definition) is 1. The molecule has 2 aromatic rings. The molecule has 21 heavy (non-hydrogen) atoms. The molecule has 4 nitrogen and oxygen atoms in total. The Morgan fingerprint density at radius 1 is 1.05 bits per heavy atom. The lowest BCUT2D eigenvalue weighted by Crippen LogP contribution is -2.35. The van der Waals surface area contributed by atoms with Crippen LogP contribution in [-0.4, -0.2) is 19.5 Å². The molecule has 0 fully saturated rings. The summed E-state index contributed by atoms with van der Waals surface area (Å²) >= 11 is 0. The monoisotopic (exact) mass is 279 g/mol. The quantitative estimate of drug-likeness (QED) is 0.940. The zero-order valence-corrected chi connectivity index (χ0v) is 11.9. The topological polar surface area (TPSA) is 50.9 Å². The van der Waals surface area contributed by atoms with Crippen molar-refractivity contribution in [2.75, 3.05) is 18.6 Å². The molecular formula is C17H17N3O. The first kappa shape index (κ1) is 13.2. The smallest absolute Gasteiger partial charge is 0.119 e. The molecule has 0 saturated carbocycles. The molecule has 1 heterocycles. The third-order valence-electron chi connectivity index (χ3n) is 3.42. The van der Waals surface area contributed by atoms with Gasteiger partial charge in [0.1, 0.15) is 11.6 Å². The molecule has 2 aromatic carbocycles. The van der Waals surface area contributed by atoms with Crippen LogP contribution in [0, 0.1) is 0 Å². The fourth-order valence-electron chi connectivity index (χ4n) is 2.33. The minimum Gasteiger partial charge on any atom is -0.497 e. The fourth-order valence-corrected chi connectivity index (χ4v) is 2.33. The molecule has 0 saturated heterocycles. The van der Waals surface area contributed by atoms with Gasteiger partial charge in [-0.2, -0.15) is 0 Å². The van der Waals surface area contributed by atoms with Crippen LogP contribution in [0.5, 0.6) is 5.75 Å². The van der Waals surface area contributed by atoms with Crippen molar-refractivity contribution in [3.63, 3.8) is 0 Å². The third kappa shape index (κ3) is 2.74. The zero-order valence-electron chi connectivity index (χ0n) is 11.9. The number of aliphatic imine (C=N–C) groups is 1. The van der Waals surface area contributed by atoms with E-state index in [1.165, 1.54) is 0 Å². The molecule has 0 atom stereocenters. The summed E-state index contributed by atoms with van der Waals surface area (Å²) in [4.78, 5) is 6.42. The van der Waals surface area contributed by atoms with Crippen LogP contribution in [0.4, 0.5) is 5.69 Å². The van der Waals surface area contributed by atoms with Gasteiger partial charge >= 0.3 is 0 Å². The lowest BCUT2D eigenvalue weighted by atomic mass is 10.1. The van der Waals surface area contributed by atoms with Crippen molar-refractivity contribution in [2.45, 2.75) is 0 Å². The van der Waals surface area contributed by atoms with E-state index < -0.39 is 0 Å². The Bertz CT molecular complexity index is 675. The number of nitrogens with two attached hydrogens (primary N) is 1. The number of nitrogens with zero attached hydrogens (tertiary/aromatic N) is 2. The Morgan fingerprint density at radius 3 is 2.43 bits per heavy atom. The number of benzene rings is 2. The van der Waals surface area contributed by atoms with Crippen molar-refractivity contribution < 1.29 is 4.74 Å². The number of para-hydroxylation sites is 1. The molecule has 106 valence electrons. The predicted octanol–water partition coefficient (Wildman–Crippen LogP) is 2.87. The normalized spacial score (nSPS) is 14.4. The van der Waals surface area contributed by atoms with Crippen LogP contribution < -0.4 is 15.4 Å². The minimum atomic E-state index is 0.585. The van der Waals surface area contributed by atoms with Gasteiger partial charge in [-0.3, -0.25) is 0 Å². The largest absolute Gasteiger partial charge is 0.497 e. The van der Waals surface area contributed by atoms with E-state index in [-0.39, 0.29) is 0 Å². The molecule has 0 aliphatic carbocycles. The van der Waals surface area contributed by atoms with E-state index in [1.54, 1.807) is 7.11 Å². The highest BCUT2D eigenvalue weighted by Gasteiger charge is 2.18. The van der Waals surface area contributed by atoms with Gasteiger partial charge in [0.05, 0.1) is 25.6 Å². The summed E-state index contributed by atoms with van der Waals surface area (Å²) in [6.45, 7) is 0.585. The zero-order chi connectivity index (χ0) is 14.7. The van der Waals surface area contributed by atoms with E-state index in [0.29, 0.717) is 12.4 Å². The van der Waals surface area contributed by atoms with Crippen LogP contribution in [0.25, 0.3) is 5.70 Å². The third-order valence-corrected chi connectivity index (χ3v) is 3.42. The lowest BCUT2D eigenvalue weighted by Gasteiger charge is -2.29. The second-order valence-electron chi connectivity index (χ2n) is 4.78. The van der Waals surface area contributed by atoms with Crippen molar-refractivity contribution in [1.29, 1.82) is 0 Å². The van der Waals surface area contributed by atoms with Gasteiger partial charge < -0.3 is 15.4 Å². The van der Waals surface area contributed by atoms with Gasteiger partial charge in [-0.05, 0) is 36.4 Å². The Morgan fingerprint density at radius 2 is 1.76 bits per heavy atom. The van der Waals surface area contributed by atoms with Crippen LogP contribution in [-0.2, 0) is 0 Å². The summed E-state index contributed by atoms with van der Waals surface area (Å²) in [6.07, 6.45) is 1.81. The SMILES string of the molecule is COc1ccc(C2=CN=C(N)CN2c2ccccc2)cc1. The molecule has 1 aliphatic heterocycles. The first-order valence-electron chi connectivity index (χ1n) is 6.77. The van der Waals surface area contributed by atoms with Gasteiger partial charge in [-0.15, -0.1) is 0 Å². The molecule has 4 heteroatoms. The molecule has 2 N–H and O–H groups in total. The van der Waals surface area contributed by atoms with E-state index in [9.17, 15) is 0 Å². The predicted molar refractivity (Wildman–Crippen MR) is 86.4 cm³/mol. The van der Waals surface area contributed by atoms with Gasteiger partial charge in [-0.1, -0.05) is 18.2 Å². The van der Waals surface area contributed by atoms with Gasteiger partial charge in [0.25, 0.3) is 0 Å². The van der Waals surface area contributed by atoms with Crippen LogP contribution in [0.2, 0.25) is 0 Å². The molecule has 0 unspecified atom stereocenters. The first-order chi connectivity index (χ1) is 10.3. The van der Waals surface area contributed by atoms with Crippen molar-refractivity contribution in [1.82, 2.24) is 0 Å². The summed E-state index contributed by atoms with van der Waals surface area (Å²) in [7, 11) is 1.66. The summed E-state index contributed by atoms with van der Waals surface area (Å²) in [5.74, 6) is 1.44. The molecule has 3 rings (SSSR count). The molecule has 0 radical (unpaired) electrons. The van der Waals surface area contributed by atoms with E-state index in [1.807, 2.05) is 48.7 Å². The van der Waals surface area contributed by atoms with Gasteiger partial charge in [-0.25, -0.2) is 4.99 Å². The van der Waals surface area contributed by atoms with E-state index in [0.717, 1.165) is 22.7 Å². The highest BCUT2D eigenvalue weighted by Crippen LogP contribution is 2.28. The number of amidine groups is 1. The van der Waals surface area contributed by atoms with Crippen molar-refractivity contribution in [3.05, 3.63) is 66.4 Å². The maximum absolute atomic E-state index is 5.89. The average molecular weight is 279 g/mol. The van der Waals surface area contributed by atoms with Crippen LogP contribution in [0.3, 0.4) is 0 Å². The molecule has 1 aliphatic rings. The number of methoxy groups -OCH3 is 1.